The molecule has 8 heteroatoms. The lowest BCUT2D eigenvalue weighted by Gasteiger charge is -2.12. The van der Waals surface area contributed by atoms with Crippen molar-refractivity contribution in [1.29, 1.82) is 5.26 Å². The van der Waals surface area contributed by atoms with Gasteiger partial charge in [0.25, 0.3) is 6.43 Å². The van der Waals surface area contributed by atoms with E-state index in [-0.39, 0.29) is 6.07 Å². The van der Waals surface area contributed by atoms with Gasteiger partial charge in [0.15, 0.2) is 0 Å². The maximum atomic E-state index is 12.8. The molecule has 0 bridgehead atoms. The third kappa shape index (κ3) is 2.24. The highest BCUT2D eigenvalue weighted by Gasteiger charge is 2.40. The second-order valence-corrected chi connectivity index (χ2v) is 2.67. The SMILES string of the molecule is N#Cc1cc(C(F)F)c(C(F)(F)F)c(F)n1. The molecule has 0 aliphatic heterocycles. The van der Waals surface area contributed by atoms with Gasteiger partial charge in [0.05, 0.1) is 0 Å². The molecule has 1 rings (SSSR count). The first-order valence-electron chi connectivity index (χ1n) is 3.73. The van der Waals surface area contributed by atoms with Crippen molar-refractivity contribution in [3.05, 3.63) is 28.8 Å². The molecule has 0 aliphatic carbocycles. The van der Waals surface area contributed by atoms with Crippen LogP contribution in [0.4, 0.5) is 26.3 Å². The van der Waals surface area contributed by atoms with Crippen molar-refractivity contribution < 1.29 is 26.3 Å². The second kappa shape index (κ2) is 4.00. The molecule has 0 radical (unpaired) electrons. The normalized spacial score (nSPS) is 11.6. The van der Waals surface area contributed by atoms with Crippen LogP contribution >= 0.6 is 0 Å². The van der Waals surface area contributed by atoms with E-state index in [0.717, 1.165) is 0 Å². The van der Waals surface area contributed by atoms with E-state index >= 15 is 0 Å². The van der Waals surface area contributed by atoms with Gasteiger partial charge in [0.2, 0.25) is 5.95 Å². The largest absolute Gasteiger partial charge is 0.421 e. The van der Waals surface area contributed by atoms with Crippen molar-refractivity contribution in [3.8, 4) is 6.07 Å². The highest BCUT2D eigenvalue weighted by Crippen LogP contribution is 2.37. The van der Waals surface area contributed by atoms with E-state index in [2.05, 4.69) is 4.98 Å². The van der Waals surface area contributed by atoms with E-state index < -0.39 is 35.4 Å². The zero-order chi connectivity index (χ0) is 12.5. The highest BCUT2D eigenvalue weighted by atomic mass is 19.4. The minimum absolute atomic E-state index is 0.219. The monoisotopic (exact) mass is 240 g/mol. The number of hydrogen-bond donors (Lipinski definition) is 0. The van der Waals surface area contributed by atoms with Gasteiger partial charge in [-0.1, -0.05) is 0 Å². The van der Waals surface area contributed by atoms with Gasteiger partial charge in [-0.2, -0.15) is 22.8 Å². The summed E-state index contributed by atoms with van der Waals surface area (Å²) in [5.41, 5.74) is -4.56. The molecule has 0 unspecified atom stereocenters. The zero-order valence-corrected chi connectivity index (χ0v) is 7.32. The molecule has 2 nitrogen and oxygen atoms in total. The van der Waals surface area contributed by atoms with E-state index in [1.807, 2.05) is 0 Å². The van der Waals surface area contributed by atoms with Gasteiger partial charge in [-0.3, -0.25) is 0 Å². The van der Waals surface area contributed by atoms with Crippen LogP contribution in [0.5, 0.6) is 0 Å². The molecule has 0 atom stereocenters. The molecule has 0 saturated heterocycles. The predicted molar refractivity (Wildman–Crippen MR) is 38.9 cm³/mol. The van der Waals surface area contributed by atoms with Crippen LogP contribution in [0.3, 0.4) is 0 Å². The van der Waals surface area contributed by atoms with Gasteiger partial charge in [0, 0.05) is 5.56 Å². The maximum absolute atomic E-state index is 12.8. The van der Waals surface area contributed by atoms with Crippen molar-refractivity contribution in [3.63, 3.8) is 0 Å². The Morgan fingerprint density at radius 3 is 2.25 bits per heavy atom. The number of aromatic nitrogens is 1. The Labute approximate surface area is 85.1 Å². The van der Waals surface area contributed by atoms with E-state index in [1.165, 1.54) is 6.07 Å². The predicted octanol–water partition coefficient (Wildman–Crippen LogP) is 3.05. The molecule has 0 aromatic carbocycles. The van der Waals surface area contributed by atoms with Crippen LogP contribution in [-0.2, 0) is 6.18 Å². The lowest BCUT2D eigenvalue weighted by atomic mass is 10.1. The summed E-state index contributed by atoms with van der Waals surface area (Å²) in [6, 6.07) is 1.41. The highest BCUT2D eigenvalue weighted by molar-refractivity contribution is 5.35. The third-order valence-corrected chi connectivity index (χ3v) is 1.64. The minimum atomic E-state index is -5.28. The number of nitrogens with zero attached hydrogens (tertiary/aromatic N) is 2. The van der Waals surface area contributed by atoms with Crippen LogP contribution in [0.25, 0.3) is 0 Å². The van der Waals surface area contributed by atoms with E-state index in [4.69, 9.17) is 5.26 Å². The molecular weight excluding hydrogens is 238 g/mol. The summed E-state index contributed by atoms with van der Waals surface area (Å²) >= 11 is 0. The minimum Gasteiger partial charge on any atom is -0.208 e. The number of rotatable bonds is 1. The average Bonchev–Trinajstić information content (AvgIpc) is 2.14. The average molecular weight is 240 g/mol. The standard InChI is InChI=1S/C8H2F6N2/c9-6(10)4-1-3(2-15)16-7(11)5(4)8(12,13)14/h1,6H. The molecule has 0 saturated carbocycles. The summed E-state index contributed by atoms with van der Waals surface area (Å²) in [6.07, 6.45) is -8.82. The Bertz CT molecular complexity index is 445. The molecule has 0 aliphatic rings. The van der Waals surface area contributed by atoms with Crippen LogP contribution in [0.2, 0.25) is 0 Å². The van der Waals surface area contributed by atoms with Crippen LogP contribution in [0.15, 0.2) is 6.07 Å². The lowest BCUT2D eigenvalue weighted by molar-refractivity contribution is -0.142. The third-order valence-electron chi connectivity index (χ3n) is 1.64. The fraction of sp³-hybridized carbons (Fsp3) is 0.250. The van der Waals surface area contributed by atoms with Crippen molar-refractivity contribution in [2.75, 3.05) is 0 Å². The molecule has 16 heavy (non-hydrogen) atoms. The summed E-state index contributed by atoms with van der Waals surface area (Å²) in [4.78, 5) is 2.62. The van der Waals surface area contributed by atoms with Crippen molar-refractivity contribution in [2.45, 2.75) is 12.6 Å². The smallest absolute Gasteiger partial charge is 0.208 e. The molecule has 0 N–H and O–H groups in total. The Kier molecular flexibility index (Phi) is 3.07. The molecule has 1 heterocycles. The number of hydrogen-bond acceptors (Lipinski definition) is 2. The number of halogens is 6. The molecule has 86 valence electrons. The maximum Gasteiger partial charge on any atom is 0.421 e. The first kappa shape index (κ1) is 12.3. The first-order chi connectivity index (χ1) is 7.27. The first-order valence-corrected chi connectivity index (χ1v) is 3.73. The topological polar surface area (TPSA) is 36.7 Å². The Balaban J connectivity index is 3.54. The van der Waals surface area contributed by atoms with Crippen LogP contribution in [0.1, 0.15) is 23.2 Å². The summed E-state index contributed by atoms with van der Waals surface area (Å²) in [5.74, 6) is -2.12. The van der Waals surface area contributed by atoms with E-state index in [9.17, 15) is 26.3 Å². The van der Waals surface area contributed by atoms with Gasteiger partial charge in [-0.15, -0.1) is 0 Å². The fourth-order valence-electron chi connectivity index (χ4n) is 1.04. The lowest BCUT2D eigenvalue weighted by Crippen LogP contribution is -2.14. The number of nitriles is 1. The molecule has 0 fully saturated rings. The molecule has 1 aromatic rings. The molecule has 0 spiro atoms. The van der Waals surface area contributed by atoms with E-state index in [0.29, 0.717) is 0 Å². The summed E-state index contributed by atoms with van der Waals surface area (Å²) in [6.45, 7) is 0. The quantitative estimate of drug-likeness (QED) is 0.558. The number of pyridine rings is 1. The van der Waals surface area contributed by atoms with Gasteiger partial charge < -0.3 is 0 Å². The van der Waals surface area contributed by atoms with Gasteiger partial charge >= 0.3 is 6.18 Å². The fourth-order valence-corrected chi connectivity index (χ4v) is 1.04. The molecule has 0 amide bonds. The van der Waals surface area contributed by atoms with Gasteiger partial charge in [-0.25, -0.2) is 13.8 Å². The van der Waals surface area contributed by atoms with E-state index in [1.54, 1.807) is 0 Å². The molecule has 1 aromatic heterocycles. The van der Waals surface area contributed by atoms with Crippen molar-refractivity contribution >= 4 is 0 Å². The number of alkyl halides is 5. The Hall–Kier alpha value is -1.78. The van der Waals surface area contributed by atoms with Crippen LogP contribution < -0.4 is 0 Å². The Morgan fingerprint density at radius 1 is 1.31 bits per heavy atom. The van der Waals surface area contributed by atoms with Gasteiger partial charge in [0.1, 0.15) is 17.3 Å². The van der Waals surface area contributed by atoms with Crippen LogP contribution in [0, 0.1) is 17.3 Å². The summed E-state index contributed by atoms with van der Waals surface area (Å²) in [7, 11) is 0. The summed E-state index contributed by atoms with van der Waals surface area (Å²) in [5, 5.41) is 8.26. The molecular formula is C8H2F6N2. The Morgan fingerprint density at radius 2 is 1.88 bits per heavy atom. The van der Waals surface area contributed by atoms with Crippen molar-refractivity contribution in [2.24, 2.45) is 0 Å². The van der Waals surface area contributed by atoms with Gasteiger partial charge in [-0.05, 0) is 6.07 Å². The second-order valence-electron chi connectivity index (χ2n) is 2.67. The van der Waals surface area contributed by atoms with Crippen molar-refractivity contribution in [1.82, 2.24) is 4.98 Å². The van der Waals surface area contributed by atoms with Crippen LogP contribution in [-0.4, -0.2) is 4.98 Å². The zero-order valence-electron chi connectivity index (χ0n) is 7.32. The summed E-state index contributed by atoms with van der Waals surface area (Å²) < 4.78 is 74.0.